The zero-order chi connectivity index (χ0) is 20.8. The van der Waals surface area contributed by atoms with E-state index in [1.54, 1.807) is 24.9 Å². The summed E-state index contributed by atoms with van der Waals surface area (Å²) >= 11 is 0. The number of hydrogen-bond acceptors (Lipinski definition) is 6. The quantitative estimate of drug-likeness (QED) is 0.327. The van der Waals surface area contributed by atoms with Gasteiger partial charge in [-0.3, -0.25) is 14.3 Å². The van der Waals surface area contributed by atoms with Crippen LogP contribution in [-0.2, 0) is 13.6 Å². The molecular weight excluding hydrogens is 372 g/mol. The molecule has 0 aliphatic rings. The molecule has 0 saturated heterocycles. The number of imidazole rings is 1. The molecule has 0 unspecified atom stereocenters. The smallest absolute Gasteiger partial charge is 0.329 e. The largest absolute Gasteiger partial charge is 0.497 e. The molecule has 0 bridgehead atoms. The second-order valence-electron chi connectivity index (χ2n) is 6.78. The summed E-state index contributed by atoms with van der Waals surface area (Å²) < 4.78 is 8.26. The summed E-state index contributed by atoms with van der Waals surface area (Å²) in [6, 6.07) is 7.46. The van der Waals surface area contributed by atoms with E-state index >= 15 is 0 Å². The van der Waals surface area contributed by atoms with E-state index in [1.165, 1.54) is 4.57 Å². The Morgan fingerprint density at radius 3 is 2.66 bits per heavy atom. The molecule has 0 atom stereocenters. The van der Waals surface area contributed by atoms with Gasteiger partial charge in [-0.15, -0.1) is 0 Å². The Hall–Kier alpha value is -3.36. The Kier molecular flexibility index (Phi) is 6.48. The zero-order valence-corrected chi connectivity index (χ0v) is 16.9. The summed E-state index contributed by atoms with van der Waals surface area (Å²) in [5.41, 5.74) is 3.56. The van der Waals surface area contributed by atoms with Crippen LogP contribution in [0.15, 0.2) is 39.0 Å². The van der Waals surface area contributed by atoms with E-state index in [0.717, 1.165) is 37.0 Å². The van der Waals surface area contributed by atoms with Crippen LogP contribution in [0.25, 0.3) is 11.2 Å². The minimum absolute atomic E-state index is 0.330. The van der Waals surface area contributed by atoms with E-state index < -0.39 is 11.2 Å². The average molecular weight is 398 g/mol. The second-order valence-corrected chi connectivity index (χ2v) is 6.78. The Balaban J connectivity index is 1.91. The third-order valence-electron chi connectivity index (χ3n) is 4.74. The number of aromatic nitrogens is 4. The van der Waals surface area contributed by atoms with Crippen molar-refractivity contribution >= 4 is 23.3 Å². The van der Waals surface area contributed by atoms with Crippen LogP contribution in [0.3, 0.4) is 0 Å². The molecule has 9 heteroatoms. The number of anilines is 1. The van der Waals surface area contributed by atoms with E-state index in [1.807, 2.05) is 24.3 Å². The van der Waals surface area contributed by atoms with Crippen molar-refractivity contribution in [3.8, 4) is 5.75 Å². The maximum absolute atomic E-state index is 12.4. The van der Waals surface area contributed by atoms with Crippen molar-refractivity contribution in [3.63, 3.8) is 0 Å². The number of methoxy groups -OCH3 is 1. The number of nitrogens with zero attached hydrogens (tertiary/aromatic N) is 4. The number of rotatable bonds is 9. The molecule has 0 fully saturated rings. The van der Waals surface area contributed by atoms with Gasteiger partial charge in [0, 0.05) is 13.6 Å². The summed E-state index contributed by atoms with van der Waals surface area (Å²) in [5, 5.41) is 4.25. The molecule has 0 saturated carbocycles. The highest BCUT2D eigenvalue weighted by molar-refractivity contribution is 5.80. The lowest BCUT2D eigenvalue weighted by Crippen LogP contribution is -2.29. The SMILES string of the molecule is CCCCCCn1c(N/N=C\c2ccc(OC)cc2)nc2c1c(=O)[nH]c(=O)n2C. The van der Waals surface area contributed by atoms with E-state index in [2.05, 4.69) is 27.4 Å². The highest BCUT2D eigenvalue weighted by Crippen LogP contribution is 2.17. The van der Waals surface area contributed by atoms with Gasteiger partial charge in [-0.25, -0.2) is 10.2 Å². The number of hydrogen-bond donors (Lipinski definition) is 2. The van der Waals surface area contributed by atoms with Crippen molar-refractivity contribution in [2.75, 3.05) is 12.5 Å². The van der Waals surface area contributed by atoms with Crippen LogP contribution in [0.4, 0.5) is 5.95 Å². The van der Waals surface area contributed by atoms with Gasteiger partial charge in [0.2, 0.25) is 5.95 Å². The molecule has 2 N–H and O–H groups in total. The zero-order valence-electron chi connectivity index (χ0n) is 16.9. The number of nitrogens with one attached hydrogen (secondary N) is 2. The number of fused-ring (bicyclic) bond motifs is 1. The van der Waals surface area contributed by atoms with Crippen LogP contribution < -0.4 is 21.4 Å². The van der Waals surface area contributed by atoms with Crippen molar-refractivity contribution in [2.45, 2.75) is 39.2 Å². The second kappa shape index (κ2) is 9.22. The number of aryl methyl sites for hydroxylation is 2. The Morgan fingerprint density at radius 1 is 1.21 bits per heavy atom. The Bertz CT molecular complexity index is 1110. The molecule has 0 amide bonds. The molecule has 29 heavy (non-hydrogen) atoms. The van der Waals surface area contributed by atoms with Crippen molar-refractivity contribution in [3.05, 3.63) is 50.7 Å². The number of benzene rings is 1. The molecule has 0 aliphatic carbocycles. The molecule has 0 aliphatic heterocycles. The summed E-state index contributed by atoms with van der Waals surface area (Å²) in [4.78, 5) is 31.1. The topological polar surface area (TPSA) is 106 Å². The van der Waals surface area contributed by atoms with Gasteiger partial charge in [-0.05, 0) is 36.2 Å². The maximum atomic E-state index is 12.4. The highest BCUT2D eigenvalue weighted by atomic mass is 16.5. The molecule has 3 rings (SSSR count). The lowest BCUT2D eigenvalue weighted by molar-refractivity contribution is 0.415. The van der Waals surface area contributed by atoms with E-state index in [0.29, 0.717) is 23.7 Å². The predicted molar refractivity (Wildman–Crippen MR) is 114 cm³/mol. The van der Waals surface area contributed by atoms with Crippen LogP contribution in [-0.4, -0.2) is 32.4 Å². The minimum atomic E-state index is -0.494. The summed E-state index contributed by atoms with van der Waals surface area (Å²) in [5.74, 6) is 1.19. The first kappa shape index (κ1) is 20.4. The molecular formula is C20H26N6O3. The molecule has 1 aromatic carbocycles. The fourth-order valence-corrected chi connectivity index (χ4v) is 3.09. The van der Waals surface area contributed by atoms with Gasteiger partial charge in [0.25, 0.3) is 5.56 Å². The monoisotopic (exact) mass is 398 g/mol. The summed E-state index contributed by atoms with van der Waals surface area (Å²) in [7, 11) is 3.20. The van der Waals surface area contributed by atoms with Gasteiger partial charge in [-0.1, -0.05) is 26.2 Å². The van der Waals surface area contributed by atoms with Crippen LogP contribution in [0.1, 0.15) is 38.2 Å². The standard InChI is InChI=1S/C20H26N6O3/c1-4-5-6-7-12-26-16-17(25(2)20(28)23-18(16)27)22-19(26)24-21-13-14-8-10-15(29-3)11-9-14/h8-11,13H,4-7,12H2,1-3H3,(H,22,24)(H,23,27,28)/b21-13-. The number of H-pyrrole nitrogens is 1. The molecule has 0 spiro atoms. The van der Waals surface area contributed by atoms with Crippen LogP contribution in [0.5, 0.6) is 5.75 Å². The fraction of sp³-hybridized carbons (Fsp3) is 0.400. The molecule has 154 valence electrons. The lowest BCUT2D eigenvalue weighted by Gasteiger charge is -2.08. The van der Waals surface area contributed by atoms with Crippen molar-refractivity contribution < 1.29 is 4.74 Å². The van der Waals surface area contributed by atoms with E-state index in [-0.39, 0.29) is 0 Å². The number of ether oxygens (including phenoxy) is 1. The van der Waals surface area contributed by atoms with Gasteiger partial charge < -0.3 is 9.30 Å². The first-order chi connectivity index (χ1) is 14.0. The molecule has 3 aromatic rings. The van der Waals surface area contributed by atoms with Crippen LogP contribution in [0.2, 0.25) is 0 Å². The average Bonchev–Trinajstić information content (AvgIpc) is 3.09. The van der Waals surface area contributed by atoms with Crippen LogP contribution in [0, 0.1) is 0 Å². The fourth-order valence-electron chi connectivity index (χ4n) is 3.09. The summed E-state index contributed by atoms with van der Waals surface area (Å²) in [6.07, 6.45) is 5.85. The lowest BCUT2D eigenvalue weighted by atomic mass is 10.2. The Labute approximate surface area is 168 Å². The van der Waals surface area contributed by atoms with Crippen molar-refractivity contribution in [1.82, 2.24) is 19.1 Å². The molecule has 2 heterocycles. The highest BCUT2D eigenvalue weighted by Gasteiger charge is 2.16. The Morgan fingerprint density at radius 2 is 1.97 bits per heavy atom. The van der Waals surface area contributed by atoms with Gasteiger partial charge in [0.05, 0.1) is 13.3 Å². The number of hydrazone groups is 1. The number of aromatic amines is 1. The van der Waals surface area contributed by atoms with Crippen molar-refractivity contribution in [1.29, 1.82) is 0 Å². The first-order valence-electron chi connectivity index (χ1n) is 9.67. The van der Waals surface area contributed by atoms with E-state index in [9.17, 15) is 9.59 Å². The normalized spacial score (nSPS) is 11.4. The van der Waals surface area contributed by atoms with E-state index in [4.69, 9.17) is 4.74 Å². The van der Waals surface area contributed by atoms with Gasteiger partial charge in [-0.2, -0.15) is 10.1 Å². The minimum Gasteiger partial charge on any atom is -0.497 e. The molecule has 9 nitrogen and oxygen atoms in total. The molecule has 2 aromatic heterocycles. The molecule has 0 radical (unpaired) electrons. The maximum Gasteiger partial charge on any atom is 0.329 e. The van der Waals surface area contributed by atoms with Gasteiger partial charge >= 0.3 is 5.69 Å². The first-order valence-corrected chi connectivity index (χ1v) is 9.67. The summed E-state index contributed by atoms with van der Waals surface area (Å²) in [6.45, 7) is 2.76. The predicted octanol–water partition coefficient (Wildman–Crippen LogP) is 2.46. The van der Waals surface area contributed by atoms with Gasteiger partial charge in [0.15, 0.2) is 11.2 Å². The van der Waals surface area contributed by atoms with Crippen LogP contribution >= 0.6 is 0 Å². The number of unbranched alkanes of at least 4 members (excludes halogenated alkanes) is 3. The third kappa shape index (κ3) is 4.56. The van der Waals surface area contributed by atoms with Crippen molar-refractivity contribution in [2.24, 2.45) is 12.1 Å². The van der Waals surface area contributed by atoms with Gasteiger partial charge in [0.1, 0.15) is 5.75 Å². The third-order valence-corrected chi connectivity index (χ3v) is 4.74.